The zero-order chi connectivity index (χ0) is 49.4. The van der Waals surface area contributed by atoms with Gasteiger partial charge in [-0.15, -0.1) is 0 Å². The van der Waals surface area contributed by atoms with Crippen LogP contribution in [0.15, 0.2) is 63.6 Å². The molecule has 0 atom stereocenters. The van der Waals surface area contributed by atoms with E-state index in [0.717, 1.165) is 25.7 Å². The third-order valence-corrected chi connectivity index (χ3v) is 8.40. The Morgan fingerprint density at radius 3 is 1.45 bits per heavy atom. The summed E-state index contributed by atoms with van der Waals surface area (Å²) < 4.78 is 23.4. The molecule has 0 bridgehead atoms. The van der Waals surface area contributed by atoms with Gasteiger partial charge in [0.15, 0.2) is 11.6 Å². The number of amides is 3. The van der Waals surface area contributed by atoms with E-state index in [2.05, 4.69) is 109 Å². The van der Waals surface area contributed by atoms with Crippen molar-refractivity contribution < 1.29 is 31.5 Å². The molecule has 0 aliphatic rings. The van der Waals surface area contributed by atoms with Gasteiger partial charge in [-0.25, -0.2) is 16.4 Å². The molecule has 0 aliphatic heterocycles. The van der Waals surface area contributed by atoms with Gasteiger partial charge in [0.25, 0.3) is 0 Å². The van der Waals surface area contributed by atoms with Gasteiger partial charge >= 0.3 is 54.7 Å². The normalized spacial score (nSPS) is 11.9. The van der Waals surface area contributed by atoms with Crippen LogP contribution in [0, 0.1) is 0 Å². The number of carbonyl (C=O) groups is 3. The van der Waals surface area contributed by atoms with Crippen molar-refractivity contribution in [2.75, 3.05) is 33.8 Å². The quantitative estimate of drug-likeness (QED) is 0.0123. The van der Waals surface area contributed by atoms with Crippen LogP contribution in [-0.4, -0.2) is 105 Å². The first kappa shape index (κ1) is 64.4. The van der Waals surface area contributed by atoms with Gasteiger partial charge in [0.05, 0.1) is 19.5 Å². The average molecular weight is 895 g/mol. The maximum absolute atomic E-state index is 10.3. The maximum atomic E-state index is 10.3. The molecule has 0 aromatic rings. The first-order chi connectivity index (χ1) is 31.3. The van der Waals surface area contributed by atoms with E-state index >= 15 is 0 Å². The molecule has 0 saturated carbocycles. The Kier molecular flexibility index (Phi) is 63.8. The van der Waals surface area contributed by atoms with E-state index in [0.29, 0.717) is 31.2 Å². The van der Waals surface area contributed by atoms with Crippen LogP contribution in [0.5, 0.6) is 0 Å². The van der Waals surface area contributed by atoms with E-state index in [1.54, 1.807) is 7.05 Å². The van der Waals surface area contributed by atoms with E-state index in [1.165, 1.54) is 135 Å². The molecule has 14 nitrogen and oxygen atoms in total. The number of carbonyl (C=O) groups excluding carboxylic acids is 3. The fraction of sp³-hybridized carbons (Fsp3) is 0.696. The monoisotopic (exact) mass is 895 g/mol. The zero-order valence-corrected chi connectivity index (χ0v) is 39.4. The molecule has 0 unspecified atom stereocenters. The van der Waals surface area contributed by atoms with Crippen LogP contribution < -0.4 is 22.4 Å². The van der Waals surface area contributed by atoms with Crippen LogP contribution in [0.2, 0.25) is 0 Å². The van der Waals surface area contributed by atoms with Crippen molar-refractivity contribution in [3.8, 4) is 0 Å². The molecule has 358 valence electrons. The van der Waals surface area contributed by atoms with Gasteiger partial charge in [-0.3, -0.25) is 19.4 Å². The summed E-state index contributed by atoms with van der Waals surface area (Å²) >= 11 is 0. The number of hydroxylamine groups is 1. The molecule has 6 N–H and O–H groups in total. The van der Waals surface area contributed by atoms with E-state index < -0.39 is 30.0 Å². The van der Waals surface area contributed by atoms with Gasteiger partial charge in [-0.05, 0) is 77.0 Å². The Bertz CT molecular complexity index is 1360. The third kappa shape index (κ3) is 75.5. The Balaban J connectivity index is -0.000000265. The van der Waals surface area contributed by atoms with Crippen LogP contribution >= 0.6 is 0 Å². The molecule has 0 aliphatic carbocycles. The third-order valence-electron chi connectivity index (χ3n) is 8.40. The number of nitrogens with zero attached hydrogens (tertiary/aromatic N) is 4. The molecular weight excluding hydrogens is 804 g/mol. The number of hydrogen-bond donors (Lipinski definition) is 4. The van der Waals surface area contributed by atoms with Crippen LogP contribution in [-0.2, 0) is 14.4 Å². The molecule has 18 heteroatoms. The SMILES string of the molecule is C.CCCCC/C=C\C/C=C\CCCCCCCCON.CCCCC/C=C\C/C=C\CCCCCCCCONC(N)=NC.[3H]C(=NC([B])=O)N(C)C([B])=O.[3H]C(=NC([B])=O)NCB=O. The van der Waals surface area contributed by atoms with Crippen molar-refractivity contribution in [3.05, 3.63) is 48.6 Å². The van der Waals surface area contributed by atoms with Crippen LogP contribution in [0.1, 0.15) is 178 Å². The van der Waals surface area contributed by atoms with Crippen molar-refractivity contribution in [2.45, 2.75) is 175 Å². The Morgan fingerprint density at radius 2 is 1.08 bits per heavy atom. The van der Waals surface area contributed by atoms with Crippen molar-refractivity contribution in [2.24, 2.45) is 26.6 Å². The molecule has 6 radical (unpaired) electrons. The van der Waals surface area contributed by atoms with Gasteiger partial charge < -0.3 is 15.5 Å². The number of nitrogens with two attached hydrogens (primary N) is 2. The number of unbranched alkanes of at least 4 members (excludes halogenated alkanes) is 18. The molecule has 0 saturated heterocycles. The predicted octanol–water partition coefficient (Wildman–Crippen LogP) is 10.0. The first-order valence-electron chi connectivity index (χ1n) is 23.8. The van der Waals surface area contributed by atoms with Crippen LogP contribution in [0.4, 0.5) is 14.4 Å². The minimum atomic E-state index is -1.04. The molecule has 0 heterocycles. The van der Waals surface area contributed by atoms with Gasteiger partial charge in [0.1, 0.15) is 1.37 Å². The van der Waals surface area contributed by atoms with Gasteiger partial charge in [-0.1, -0.05) is 147 Å². The number of nitrogens with one attached hydrogen (secondary N) is 2. The summed E-state index contributed by atoms with van der Waals surface area (Å²) in [5.41, 5.74) is 8.05. The summed E-state index contributed by atoms with van der Waals surface area (Å²) in [6.07, 6.45) is 47.8. The second-order valence-electron chi connectivity index (χ2n) is 14.2. The molecule has 0 rings (SSSR count). The number of allylic oxidation sites excluding steroid dienone is 8. The second-order valence-corrected chi connectivity index (χ2v) is 14.2. The Labute approximate surface area is 397 Å². The molecular formula is C46H86B4N8O6. The molecule has 0 spiro atoms. The molecule has 0 aromatic heterocycles. The fourth-order valence-corrected chi connectivity index (χ4v) is 4.86. The summed E-state index contributed by atoms with van der Waals surface area (Å²) in [7, 11) is 17.3. The second kappa shape index (κ2) is 63.4. The standard InChI is InChI=1S/C20H39N3O.C18H35NO.C4H4B2N2O2.C3H4B2N2O2.CH4/c1-3-4-5-6-7-8-9-10-11-12-13-14-15-16-17-18-19-24-23-20(21)22-2;1-2-3-4-5-6-7-8-9-10-11-12-13-14-15-16-17-18-20-19;1-8(4(6)10)2-7-3(5)9;4-3(8)7-2-6-1-5-9;/h7-8,10-11H,3-6,9,12-19H2,1-2H3,(H3,21,22,23);6-7,9-10H,2-5,8,11-19H2,1H3;2H,1H3;2H,1H2,(H,6,7,8);1H4/b8-7-,11-10-;7-6-,10-9-;;;/i;;2*2T;. The minimum absolute atomic E-state index is 0. The van der Waals surface area contributed by atoms with Crippen molar-refractivity contribution in [1.29, 1.82) is 0 Å². The summed E-state index contributed by atoms with van der Waals surface area (Å²) in [5, 5.41) is 2.21. The summed E-state index contributed by atoms with van der Waals surface area (Å²) in [5.74, 6) is 2.44. The predicted molar refractivity (Wildman–Crippen MR) is 275 cm³/mol. The van der Waals surface area contributed by atoms with E-state index in [1.807, 2.05) is 0 Å². The zero-order valence-electron chi connectivity index (χ0n) is 41.4. The fourth-order valence-electron chi connectivity index (χ4n) is 4.86. The summed E-state index contributed by atoms with van der Waals surface area (Å²) in [4.78, 5) is 50.4. The number of guanidine groups is 1. The number of amidine groups is 2. The first-order valence-corrected chi connectivity index (χ1v) is 22.8. The number of aliphatic imine (C=N–C) groups is 3. The van der Waals surface area contributed by atoms with Gasteiger partial charge in [0.2, 0.25) is 21.7 Å². The molecule has 0 fully saturated rings. The van der Waals surface area contributed by atoms with Crippen LogP contribution in [0.3, 0.4) is 0 Å². The van der Waals surface area contributed by atoms with E-state index in [-0.39, 0.29) is 13.9 Å². The molecule has 64 heavy (non-hydrogen) atoms. The van der Waals surface area contributed by atoms with Gasteiger partial charge in [-0.2, -0.15) is 0 Å². The van der Waals surface area contributed by atoms with Gasteiger partial charge in [0, 0.05) is 14.1 Å². The van der Waals surface area contributed by atoms with E-state index in [9.17, 15) is 19.1 Å². The molecule has 3 amide bonds. The Morgan fingerprint density at radius 1 is 0.672 bits per heavy atom. The summed E-state index contributed by atoms with van der Waals surface area (Å²) in [6.45, 7) is 5.89. The topological polar surface area (TPSA) is 203 Å². The van der Waals surface area contributed by atoms with Crippen molar-refractivity contribution in [1.82, 2.24) is 15.7 Å². The summed E-state index contributed by atoms with van der Waals surface area (Å²) in [6, 6.07) is 0. The van der Waals surface area contributed by atoms with Crippen molar-refractivity contribution >= 4 is 66.7 Å². The van der Waals surface area contributed by atoms with Crippen LogP contribution in [0.25, 0.3) is 0 Å². The Hall–Kier alpha value is -3.88. The van der Waals surface area contributed by atoms with E-state index in [4.69, 9.17) is 27.1 Å². The number of hydrogen-bond acceptors (Lipinski definition) is 8. The average Bonchev–Trinajstić information content (AvgIpc) is 3.27. The molecule has 0 aromatic carbocycles. The van der Waals surface area contributed by atoms with Crippen molar-refractivity contribution in [3.63, 3.8) is 0 Å². The number of rotatable bonds is 33.